The normalized spacial score (nSPS) is 10.8. The predicted octanol–water partition coefficient (Wildman–Crippen LogP) is 1.87. The average molecular weight is 233 g/mol. The Hall–Kier alpha value is -1.78. The molecule has 0 bridgehead atoms. The number of aryl methyl sites for hydroxylation is 4. The fourth-order valence-corrected chi connectivity index (χ4v) is 1.94. The standard InChI is InChI=1S/C12H19N5/c1-5-17-12(7-10(3)15-17)13-8-11-6-9(2)14-16(11)4/h6-7,13H,5,8H2,1-4H3. The van der Waals surface area contributed by atoms with Crippen LogP contribution in [0.3, 0.4) is 0 Å². The van der Waals surface area contributed by atoms with E-state index in [-0.39, 0.29) is 0 Å². The molecular weight excluding hydrogens is 214 g/mol. The molecule has 1 N–H and O–H groups in total. The molecule has 0 radical (unpaired) electrons. The molecule has 0 fully saturated rings. The van der Waals surface area contributed by atoms with E-state index in [4.69, 9.17) is 0 Å². The van der Waals surface area contributed by atoms with Crippen LogP contribution in [0.2, 0.25) is 0 Å². The van der Waals surface area contributed by atoms with Gasteiger partial charge in [-0.2, -0.15) is 10.2 Å². The molecule has 0 aliphatic heterocycles. The molecule has 0 spiro atoms. The quantitative estimate of drug-likeness (QED) is 0.877. The lowest BCUT2D eigenvalue weighted by molar-refractivity contribution is 0.653. The fraction of sp³-hybridized carbons (Fsp3) is 0.500. The van der Waals surface area contributed by atoms with E-state index >= 15 is 0 Å². The summed E-state index contributed by atoms with van der Waals surface area (Å²) < 4.78 is 3.88. The van der Waals surface area contributed by atoms with Crippen molar-refractivity contribution in [1.82, 2.24) is 19.6 Å². The minimum atomic E-state index is 0.766. The molecule has 0 saturated carbocycles. The van der Waals surface area contributed by atoms with Crippen LogP contribution in [0.1, 0.15) is 24.0 Å². The molecular formula is C12H19N5. The van der Waals surface area contributed by atoms with Gasteiger partial charge in [-0.25, -0.2) is 4.68 Å². The highest BCUT2D eigenvalue weighted by Gasteiger charge is 2.05. The van der Waals surface area contributed by atoms with E-state index in [9.17, 15) is 0 Å². The second-order valence-corrected chi connectivity index (χ2v) is 4.24. The Bertz CT molecular complexity index is 509. The molecule has 2 aromatic heterocycles. The summed E-state index contributed by atoms with van der Waals surface area (Å²) in [5.74, 6) is 1.06. The van der Waals surface area contributed by atoms with Crippen LogP contribution in [0.5, 0.6) is 0 Å². The summed E-state index contributed by atoms with van der Waals surface area (Å²) in [6.07, 6.45) is 0. The van der Waals surface area contributed by atoms with Crippen molar-refractivity contribution in [3.05, 3.63) is 29.2 Å². The van der Waals surface area contributed by atoms with Crippen LogP contribution >= 0.6 is 0 Å². The third-order valence-electron chi connectivity index (χ3n) is 2.75. The SMILES string of the molecule is CCn1nc(C)cc1NCc1cc(C)nn1C. The van der Waals surface area contributed by atoms with Crippen LogP contribution in [0.25, 0.3) is 0 Å². The van der Waals surface area contributed by atoms with Crippen molar-refractivity contribution in [2.45, 2.75) is 33.9 Å². The molecule has 0 aliphatic rings. The number of nitrogens with one attached hydrogen (secondary N) is 1. The van der Waals surface area contributed by atoms with E-state index < -0.39 is 0 Å². The van der Waals surface area contributed by atoms with Gasteiger partial charge in [0.25, 0.3) is 0 Å². The molecule has 2 rings (SSSR count). The summed E-state index contributed by atoms with van der Waals surface area (Å²) >= 11 is 0. The van der Waals surface area contributed by atoms with E-state index in [0.717, 1.165) is 30.3 Å². The highest BCUT2D eigenvalue weighted by molar-refractivity contribution is 5.37. The maximum atomic E-state index is 4.40. The summed E-state index contributed by atoms with van der Waals surface area (Å²) in [7, 11) is 1.96. The van der Waals surface area contributed by atoms with Crippen molar-refractivity contribution in [2.24, 2.45) is 7.05 Å². The number of hydrogen-bond donors (Lipinski definition) is 1. The minimum Gasteiger partial charge on any atom is -0.365 e. The third-order valence-corrected chi connectivity index (χ3v) is 2.75. The van der Waals surface area contributed by atoms with E-state index in [1.807, 2.05) is 30.3 Å². The lowest BCUT2D eigenvalue weighted by Gasteiger charge is -2.07. The van der Waals surface area contributed by atoms with Crippen LogP contribution < -0.4 is 5.32 Å². The average Bonchev–Trinajstić information content (AvgIpc) is 2.78. The van der Waals surface area contributed by atoms with Gasteiger partial charge in [0.15, 0.2) is 0 Å². The summed E-state index contributed by atoms with van der Waals surface area (Å²) in [6, 6.07) is 4.15. The first-order valence-electron chi connectivity index (χ1n) is 5.88. The van der Waals surface area contributed by atoms with Gasteiger partial charge in [-0.1, -0.05) is 0 Å². The zero-order chi connectivity index (χ0) is 12.4. The van der Waals surface area contributed by atoms with Crippen LogP contribution in [-0.2, 0) is 20.1 Å². The van der Waals surface area contributed by atoms with Crippen molar-refractivity contribution < 1.29 is 0 Å². The number of hydrogen-bond acceptors (Lipinski definition) is 3. The fourth-order valence-electron chi connectivity index (χ4n) is 1.94. The molecule has 92 valence electrons. The highest BCUT2D eigenvalue weighted by atomic mass is 15.3. The molecule has 0 amide bonds. The van der Waals surface area contributed by atoms with Gasteiger partial charge in [0.2, 0.25) is 0 Å². The summed E-state index contributed by atoms with van der Waals surface area (Å²) in [4.78, 5) is 0. The van der Waals surface area contributed by atoms with Crippen LogP contribution in [0.4, 0.5) is 5.82 Å². The Balaban J connectivity index is 2.09. The van der Waals surface area contributed by atoms with Gasteiger partial charge in [0.05, 0.1) is 23.6 Å². The zero-order valence-corrected chi connectivity index (χ0v) is 10.9. The molecule has 0 aromatic carbocycles. The van der Waals surface area contributed by atoms with Crippen LogP contribution in [0.15, 0.2) is 12.1 Å². The lowest BCUT2D eigenvalue weighted by atomic mass is 10.3. The monoisotopic (exact) mass is 233 g/mol. The minimum absolute atomic E-state index is 0.766. The highest BCUT2D eigenvalue weighted by Crippen LogP contribution is 2.12. The van der Waals surface area contributed by atoms with Gasteiger partial charge in [-0.3, -0.25) is 4.68 Å². The molecule has 5 heteroatoms. The van der Waals surface area contributed by atoms with Crippen molar-refractivity contribution in [2.75, 3.05) is 5.32 Å². The Morgan fingerprint density at radius 2 is 1.88 bits per heavy atom. The maximum absolute atomic E-state index is 4.40. The largest absolute Gasteiger partial charge is 0.365 e. The molecule has 0 saturated heterocycles. The molecule has 0 atom stereocenters. The van der Waals surface area contributed by atoms with E-state index in [0.29, 0.717) is 0 Å². The zero-order valence-electron chi connectivity index (χ0n) is 10.9. The topological polar surface area (TPSA) is 47.7 Å². The van der Waals surface area contributed by atoms with Gasteiger partial charge in [-0.15, -0.1) is 0 Å². The van der Waals surface area contributed by atoms with Gasteiger partial charge in [0, 0.05) is 19.7 Å². The third kappa shape index (κ3) is 2.49. The van der Waals surface area contributed by atoms with Gasteiger partial charge >= 0.3 is 0 Å². The molecule has 0 unspecified atom stereocenters. The lowest BCUT2D eigenvalue weighted by Crippen LogP contribution is -2.09. The molecule has 2 aromatic rings. The number of anilines is 1. The Morgan fingerprint density at radius 3 is 2.47 bits per heavy atom. The van der Waals surface area contributed by atoms with Gasteiger partial charge in [-0.05, 0) is 26.8 Å². The van der Waals surface area contributed by atoms with Crippen molar-refractivity contribution in [3.8, 4) is 0 Å². The van der Waals surface area contributed by atoms with Gasteiger partial charge in [0.1, 0.15) is 5.82 Å². The smallest absolute Gasteiger partial charge is 0.124 e. The van der Waals surface area contributed by atoms with Crippen molar-refractivity contribution in [1.29, 1.82) is 0 Å². The second kappa shape index (κ2) is 4.61. The Labute approximate surface area is 101 Å². The summed E-state index contributed by atoms with van der Waals surface area (Å²) in [6.45, 7) is 7.74. The van der Waals surface area contributed by atoms with Crippen molar-refractivity contribution >= 4 is 5.82 Å². The Morgan fingerprint density at radius 1 is 1.18 bits per heavy atom. The first-order chi connectivity index (χ1) is 8.10. The van der Waals surface area contributed by atoms with E-state index in [2.05, 4.69) is 34.6 Å². The number of nitrogens with zero attached hydrogens (tertiary/aromatic N) is 4. The molecule has 5 nitrogen and oxygen atoms in total. The first kappa shape index (κ1) is 11.7. The number of aromatic nitrogens is 4. The van der Waals surface area contributed by atoms with Crippen LogP contribution in [0, 0.1) is 13.8 Å². The van der Waals surface area contributed by atoms with Gasteiger partial charge < -0.3 is 5.32 Å². The summed E-state index contributed by atoms with van der Waals surface area (Å²) in [5.41, 5.74) is 3.25. The number of rotatable bonds is 4. The molecule has 17 heavy (non-hydrogen) atoms. The van der Waals surface area contributed by atoms with Crippen LogP contribution in [-0.4, -0.2) is 19.6 Å². The molecule has 0 aliphatic carbocycles. The van der Waals surface area contributed by atoms with E-state index in [1.54, 1.807) is 0 Å². The van der Waals surface area contributed by atoms with Crippen molar-refractivity contribution in [3.63, 3.8) is 0 Å². The first-order valence-corrected chi connectivity index (χ1v) is 5.88. The molecule has 2 heterocycles. The predicted molar refractivity (Wildman–Crippen MR) is 67.9 cm³/mol. The van der Waals surface area contributed by atoms with E-state index in [1.165, 1.54) is 5.69 Å². The summed E-state index contributed by atoms with van der Waals surface area (Å²) in [5, 5.41) is 12.1. The Kier molecular flexibility index (Phi) is 3.17. The second-order valence-electron chi connectivity index (χ2n) is 4.24. The maximum Gasteiger partial charge on any atom is 0.124 e.